The van der Waals surface area contributed by atoms with Gasteiger partial charge < -0.3 is 0 Å². The first-order chi connectivity index (χ1) is 10.8. The maximum atomic E-state index is 12.3. The van der Waals surface area contributed by atoms with Gasteiger partial charge in [-0.2, -0.15) is 0 Å². The van der Waals surface area contributed by atoms with Gasteiger partial charge in [0.1, 0.15) is 0 Å². The van der Waals surface area contributed by atoms with Gasteiger partial charge in [-0.1, -0.05) is 0 Å². The first kappa shape index (κ1) is 18.3. The van der Waals surface area contributed by atoms with E-state index in [0.717, 1.165) is 17.5 Å². The third-order valence-corrected chi connectivity index (χ3v) is 7.61. The zero-order valence-corrected chi connectivity index (χ0v) is 16.0. The van der Waals surface area contributed by atoms with Crippen LogP contribution in [-0.4, -0.2) is 52.8 Å². The Labute approximate surface area is 145 Å². The van der Waals surface area contributed by atoms with Gasteiger partial charge in [0.2, 0.25) is 0 Å². The Balaban J connectivity index is 2.04. The van der Waals surface area contributed by atoms with Crippen LogP contribution >= 0.6 is 10.2 Å². The first-order valence-corrected chi connectivity index (χ1v) is 11.6. The molecular formula is C14H22N4O3SSe. The summed E-state index contributed by atoms with van der Waals surface area (Å²) >= 11 is 0.512. The summed E-state index contributed by atoms with van der Waals surface area (Å²) < 4.78 is 6.49. The van der Waals surface area contributed by atoms with Crippen LogP contribution in [0.15, 0.2) is 12.5 Å². The van der Waals surface area contributed by atoms with Gasteiger partial charge >= 0.3 is 145 Å². The van der Waals surface area contributed by atoms with Crippen molar-refractivity contribution in [3.63, 3.8) is 0 Å². The molecule has 0 unspecified atom stereocenters. The van der Waals surface area contributed by atoms with E-state index in [0.29, 0.717) is 19.5 Å². The molecule has 1 amide bonds. The zero-order valence-electron chi connectivity index (χ0n) is 13.4. The quantitative estimate of drug-likeness (QED) is 0.736. The van der Waals surface area contributed by atoms with E-state index < -0.39 is 17.7 Å². The number of nitrogens with one attached hydrogen (secondary N) is 1. The topological polar surface area (TPSA) is 99.2 Å². The number of carbonyl (C=O) groups is 2. The Morgan fingerprint density at radius 2 is 2.30 bits per heavy atom. The van der Waals surface area contributed by atoms with Gasteiger partial charge in [-0.3, -0.25) is 0 Å². The van der Waals surface area contributed by atoms with E-state index in [2.05, 4.69) is 10.3 Å². The molecule has 23 heavy (non-hydrogen) atoms. The monoisotopic (exact) mass is 406 g/mol. The average molecular weight is 405 g/mol. The summed E-state index contributed by atoms with van der Waals surface area (Å²) in [6, 6.07) is -0.778. The van der Waals surface area contributed by atoms with Crippen LogP contribution in [0, 0.1) is 0 Å². The second kappa shape index (κ2) is 7.70. The minimum atomic E-state index is -0.952. The molecule has 128 valence electrons. The van der Waals surface area contributed by atoms with E-state index in [1.807, 2.05) is 10.2 Å². The molecule has 2 heterocycles. The molecular weight excluding hydrogens is 383 g/mol. The molecule has 9 heteroatoms. The number of imidazole rings is 1. The van der Waals surface area contributed by atoms with Crippen molar-refractivity contribution in [3.05, 3.63) is 18.2 Å². The third-order valence-electron chi connectivity index (χ3n) is 3.11. The SMILES string of the molecule is CC(C)(C)OC(=O)n1cncc1[C@H](N)C(=O)N[C@H]1CCS[Se]C1. The Morgan fingerprint density at radius 3 is 2.91 bits per heavy atom. The Hall–Kier alpha value is -1.02. The number of hydrogen-bond donors (Lipinski definition) is 2. The molecule has 0 radical (unpaired) electrons. The predicted molar refractivity (Wildman–Crippen MR) is 90.4 cm³/mol. The van der Waals surface area contributed by atoms with Crippen molar-refractivity contribution < 1.29 is 14.3 Å². The fourth-order valence-corrected chi connectivity index (χ4v) is 6.27. The van der Waals surface area contributed by atoms with Gasteiger partial charge in [0.05, 0.1) is 0 Å². The molecule has 3 N–H and O–H groups in total. The van der Waals surface area contributed by atoms with Gasteiger partial charge in [0.25, 0.3) is 0 Å². The Morgan fingerprint density at radius 1 is 1.57 bits per heavy atom. The fraction of sp³-hybridized carbons (Fsp3) is 0.643. The molecule has 1 fully saturated rings. The summed E-state index contributed by atoms with van der Waals surface area (Å²) in [6.07, 6.45) is 3.10. The van der Waals surface area contributed by atoms with Crippen LogP contribution in [0.25, 0.3) is 0 Å². The molecule has 1 aliphatic heterocycles. The van der Waals surface area contributed by atoms with E-state index in [9.17, 15) is 9.59 Å². The van der Waals surface area contributed by atoms with Crippen molar-refractivity contribution in [2.75, 3.05) is 5.75 Å². The van der Waals surface area contributed by atoms with E-state index in [4.69, 9.17) is 10.5 Å². The average Bonchev–Trinajstić information content (AvgIpc) is 2.95. The Bertz CT molecular complexity index is 567. The molecule has 1 saturated heterocycles. The number of rotatable bonds is 3. The van der Waals surface area contributed by atoms with Crippen LogP contribution in [0.1, 0.15) is 38.9 Å². The standard InChI is InChI=1S/C14H22N4O3SSe/c1-14(2,3)21-13(20)18-8-16-6-10(18)11(15)12(19)17-9-4-5-22-23-7-9/h6,8-9,11H,4-5,7,15H2,1-3H3,(H,17,19)/t9-,11-/m0/s1. The van der Waals surface area contributed by atoms with Crippen LogP contribution in [0.2, 0.25) is 5.32 Å². The van der Waals surface area contributed by atoms with E-state index in [1.54, 1.807) is 20.8 Å². The van der Waals surface area contributed by atoms with Gasteiger partial charge in [-0.15, -0.1) is 0 Å². The normalized spacial score (nSPS) is 19.9. The fourth-order valence-electron chi connectivity index (χ4n) is 2.00. The molecule has 0 aromatic carbocycles. The van der Waals surface area contributed by atoms with Crippen molar-refractivity contribution in [2.24, 2.45) is 5.73 Å². The number of amides is 1. The Kier molecular flexibility index (Phi) is 6.13. The first-order valence-electron chi connectivity index (χ1n) is 7.34. The summed E-state index contributed by atoms with van der Waals surface area (Å²) in [4.78, 5) is 28.4. The van der Waals surface area contributed by atoms with Gasteiger partial charge in [0.15, 0.2) is 0 Å². The van der Waals surface area contributed by atoms with Crippen molar-refractivity contribution >= 4 is 36.0 Å². The zero-order chi connectivity index (χ0) is 17.0. The second-order valence-electron chi connectivity index (χ2n) is 6.25. The number of nitrogens with two attached hydrogens (primary N) is 1. The number of nitrogens with zero attached hydrogens (tertiary/aromatic N) is 2. The van der Waals surface area contributed by atoms with Crippen molar-refractivity contribution in [1.29, 1.82) is 0 Å². The molecule has 0 aliphatic carbocycles. The van der Waals surface area contributed by atoms with E-state index in [1.165, 1.54) is 17.1 Å². The molecule has 1 aromatic rings. The third kappa shape index (κ3) is 5.24. The number of ether oxygens (including phenoxy) is 1. The van der Waals surface area contributed by atoms with E-state index >= 15 is 0 Å². The van der Waals surface area contributed by atoms with Gasteiger partial charge in [0, 0.05) is 0 Å². The van der Waals surface area contributed by atoms with Gasteiger partial charge in [-0.05, 0) is 0 Å². The maximum absolute atomic E-state index is 12.3. The molecule has 0 bridgehead atoms. The van der Waals surface area contributed by atoms with Gasteiger partial charge in [-0.25, -0.2) is 0 Å². The molecule has 2 rings (SSSR count). The predicted octanol–water partition coefficient (Wildman–Crippen LogP) is 1.33. The molecule has 1 aromatic heterocycles. The van der Waals surface area contributed by atoms with Crippen LogP contribution in [0.3, 0.4) is 0 Å². The summed E-state index contributed by atoms with van der Waals surface area (Å²) in [5, 5.41) is 3.97. The summed E-state index contributed by atoms with van der Waals surface area (Å²) in [7, 11) is 1.95. The van der Waals surface area contributed by atoms with Crippen LogP contribution in [0.4, 0.5) is 4.79 Å². The second-order valence-corrected chi connectivity index (χ2v) is 10.8. The molecule has 0 saturated carbocycles. The summed E-state index contributed by atoms with van der Waals surface area (Å²) in [6.45, 7) is 5.32. The van der Waals surface area contributed by atoms with E-state index in [-0.39, 0.29) is 11.9 Å². The summed E-state index contributed by atoms with van der Waals surface area (Å²) in [5.74, 6) is 0.777. The van der Waals surface area contributed by atoms with Crippen molar-refractivity contribution in [3.8, 4) is 0 Å². The molecule has 7 nitrogen and oxygen atoms in total. The van der Waals surface area contributed by atoms with Crippen molar-refractivity contribution in [1.82, 2.24) is 14.9 Å². The molecule has 0 spiro atoms. The van der Waals surface area contributed by atoms with Crippen LogP contribution in [-0.2, 0) is 9.53 Å². The number of aromatic nitrogens is 2. The van der Waals surface area contributed by atoms with Crippen LogP contribution in [0.5, 0.6) is 0 Å². The molecule has 1 aliphatic rings. The summed E-state index contributed by atoms with van der Waals surface area (Å²) in [5.41, 5.74) is 5.72. The molecule has 2 atom stereocenters. The van der Waals surface area contributed by atoms with Crippen LogP contribution < -0.4 is 11.1 Å². The number of hydrogen-bond acceptors (Lipinski definition) is 6. The minimum absolute atomic E-state index is 0.174. The number of carbonyl (C=O) groups excluding carboxylic acids is 2. The van der Waals surface area contributed by atoms with Crippen molar-refractivity contribution in [2.45, 2.75) is 50.2 Å².